The third-order valence-electron chi connectivity index (χ3n) is 5.50. The maximum atomic E-state index is 12.2. The Hall–Kier alpha value is -1.84. The number of nitrogens with zero attached hydrogens (tertiary/aromatic N) is 1. The van der Waals surface area contributed by atoms with Crippen LogP contribution in [0.2, 0.25) is 0 Å². The van der Waals surface area contributed by atoms with Crippen LogP contribution < -0.4 is 5.32 Å². The summed E-state index contributed by atoms with van der Waals surface area (Å²) in [6.45, 7) is 1.58. The highest BCUT2D eigenvalue weighted by Crippen LogP contribution is 2.26. The van der Waals surface area contributed by atoms with Crippen LogP contribution in [-0.4, -0.2) is 35.8 Å². The number of nitrogens with one attached hydrogen (secondary N) is 1. The highest BCUT2D eigenvalue weighted by atomic mass is 16.2. The first-order valence-electron chi connectivity index (χ1n) is 9.82. The molecule has 4 heteroatoms. The summed E-state index contributed by atoms with van der Waals surface area (Å²) < 4.78 is 0. The van der Waals surface area contributed by atoms with Crippen molar-refractivity contribution in [2.24, 2.45) is 5.92 Å². The molecule has 0 aromatic heterocycles. The van der Waals surface area contributed by atoms with E-state index in [9.17, 15) is 9.59 Å². The number of benzene rings is 1. The van der Waals surface area contributed by atoms with Gasteiger partial charge in [0.1, 0.15) is 0 Å². The molecule has 1 aromatic carbocycles. The first-order valence-corrected chi connectivity index (χ1v) is 9.82. The molecule has 1 N–H and O–H groups in total. The molecule has 0 spiro atoms. The van der Waals surface area contributed by atoms with E-state index in [0.717, 1.165) is 19.4 Å². The Balaban J connectivity index is 1.36. The fraction of sp³-hybridized carbons (Fsp3) is 0.619. The quantitative estimate of drug-likeness (QED) is 0.826. The van der Waals surface area contributed by atoms with Crippen LogP contribution >= 0.6 is 0 Å². The molecule has 2 amide bonds. The summed E-state index contributed by atoms with van der Waals surface area (Å²) >= 11 is 0. The lowest BCUT2D eigenvalue weighted by Gasteiger charge is -2.27. The lowest BCUT2D eigenvalue weighted by Crippen LogP contribution is -2.38. The van der Waals surface area contributed by atoms with Crippen molar-refractivity contribution in [3.05, 3.63) is 35.9 Å². The first-order chi connectivity index (χ1) is 12.2. The molecule has 2 fully saturated rings. The van der Waals surface area contributed by atoms with Crippen LogP contribution in [0.5, 0.6) is 0 Å². The van der Waals surface area contributed by atoms with Crippen molar-refractivity contribution in [1.82, 2.24) is 10.2 Å². The van der Waals surface area contributed by atoms with Gasteiger partial charge in [0, 0.05) is 25.9 Å². The molecule has 1 saturated carbocycles. The molecule has 4 nitrogen and oxygen atoms in total. The summed E-state index contributed by atoms with van der Waals surface area (Å²) in [5.41, 5.74) is 1.27. The number of hydrogen-bond donors (Lipinski definition) is 1. The summed E-state index contributed by atoms with van der Waals surface area (Å²) in [5, 5.41) is 3.06. The van der Waals surface area contributed by atoms with E-state index in [1.54, 1.807) is 0 Å². The highest BCUT2D eigenvalue weighted by molar-refractivity contribution is 5.82. The van der Waals surface area contributed by atoms with Crippen LogP contribution in [-0.2, 0) is 16.0 Å². The molecule has 1 aliphatic carbocycles. The molecule has 1 saturated heterocycles. The van der Waals surface area contributed by atoms with Crippen LogP contribution in [0.1, 0.15) is 56.9 Å². The van der Waals surface area contributed by atoms with Gasteiger partial charge in [-0.15, -0.1) is 0 Å². The van der Waals surface area contributed by atoms with Gasteiger partial charge < -0.3 is 10.2 Å². The van der Waals surface area contributed by atoms with Crippen molar-refractivity contribution in [1.29, 1.82) is 0 Å². The molecule has 0 bridgehead atoms. The second kappa shape index (κ2) is 9.02. The molecule has 0 radical (unpaired) electrons. The van der Waals surface area contributed by atoms with Crippen LogP contribution in [0.3, 0.4) is 0 Å². The van der Waals surface area contributed by atoms with Crippen molar-refractivity contribution in [2.45, 2.75) is 63.8 Å². The average Bonchev–Trinajstić information content (AvgIpc) is 2.96. The minimum Gasteiger partial charge on any atom is -0.351 e. The SMILES string of the molecule is O=C(CCCc1ccccc1)N[C@H]1CC(=O)N(CC2CCCCC2)C1. The van der Waals surface area contributed by atoms with Gasteiger partial charge in [0.25, 0.3) is 0 Å². The van der Waals surface area contributed by atoms with Crippen molar-refractivity contribution >= 4 is 11.8 Å². The molecule has 1 heterocycles. The predicted molar refractivity (Wildman–Crippen MR) is 99.1 cm³/mol. The normalized spacial score (nSPS) is 21.5. The molecule has 2 aliphatic rings. The third-order valence-corrected chi connectivity index (χ3v) is 5.50. The predicted octanol–water partition coefficient (Wildman–Crippen LogP) is 3.31. The van der Waals surface area contributed by atoms with Crippen molar-refractivity contribution in [2.75, 3.05) is 13.1 Å². The molecule has 3 rings (SSSR count). The number of aryl methyl sites for hydroxylation is 1. The number of hydrogen-bond acceptors (Lipinski definition) is 2. The Labute approximate surface area is 151 Å². The van der Waals surface area contributed by atoms with Gasteiger partial charge in [-0.3, -0.25) is 9.59 Å². The maximum absolute atomic E-state index is 12.2. The number of amides is 2. The van der Waals surface area contributed by atoms with Crippen molar-refractivity contribution in [3.63, 3.8) is 0 Å². The molecule has 1 aromatic rings. The summed E-state index contributed by atoms with van der Waals surface area (Å²) in [5.74, 6) is 0.950. The number of rotatable bonds is 7. The standard InChI is InChI=1S/C21H30N2O2/c24-20(13-7-12-17-8-3-1-4-9-17)22-19-14-21(25)23(16-19)15-18-10-5-2-6-11-18/h1,3-4,8-9,18-19H,2,5-7,10-16H2,(H,22,24)/t19-/m0/s1. The Morgan fingerprint density at radius 3 is 2.64 bits per heavy atom. The monoisotopic (exact) mass is 342 g/mol. The zero-order valence-corrected chi connectivity index (χ0v) is 15.1. The van der Waals surface area contributed by atoms with Gasteiger partial charge in [-0.25, -0.2) is 0 Å². The van der Waals surface area contributed by atoms with E-state index in [-0.39, 0.29) is 17.9 Å². The van der Waals surface area contributed by atoms with Crippen LogP contribution in [0.25, 0.3) is 0 Å². The van der Waals surface area contributed by atoms with Crippen LogP contribution in [0, 0.1) is 5.92 Å². The molecule has 1 aliphatic heterocycles. The minimum atomic E-state index is 0.000292. The Bertz CT molecular complexity index is 567. The fourth-order valence-electron chi connectivity index (χ4n) is 4.12. The van der Waals surface area contributed by atoms with Gasteiger partial charge >= 0.3 is 0 Å². The van der Waals surface area contributed by atoms with Crippen LogP contribution in [0.4, 0.5) is 0 Å². The smallest absolute Gasteiger partial charge is 0.224 e. The van der Waals surface area contributed by atoms with Gasteiger partial charge in [0.2, 0.25) is 11.8 Å². The first kappa shape index (κ1) is 18.0. The number of carbonyl (C=O) groups is 2. The zero-order valence-electron chi connectivity index (χ0n) is 15.1. The summed E-state index contributed by atoms with van der Waals surface area (Å²) in [7, 11) is 0. The number of carbonyl (C=O) groups excluding carboxylic acids is 2. The van der Waals surface area contributed by atoms with Crippen LogP contribution in [0.15, 0.2) is 30.3 Å². The minimum absolute atomic E-state index is 0.000292. The van der Waals surface area contributed by atoms with E-state index in [0.29, 0.717) is 25.3 Å². The Morgan fingerprint density at radius 1 is 1.12 bits per heavy atom. The molecule has 1 atom stereocenters. The van der Waals surface area contributed by atoms with Gasteiger partial charge in [0.05, 0.1) is 6.04 Å². The fourth-order valence-corrected chi connectivity index (χ4v) is 4.12. The number of likely N-dealkylation sites (tertiary alicyclic amines) is 1. The van der Waals surface area contributed by atoms with Crippen molar-refractivity contribution in [3.8, 4) is 0 Å². The zero-order chi connectivity index (χ0) is 17.5. The van der Waals surface area contributed by atoms with E-state index < -0.39 is 0 Å². The average molecular weight is 342 g/mol. The van der Waals surface area contributed by atoms with Crippen molar-refractivity contribution < 1.29 is 9.59 Å². The van der Waals surface area contributed by atoms with Gasteiger partial charge in [-0.1, -0.05) is 49.6 Å². The molecule has 0 unspecified atom stereocenters. The summed E-state index contributed by atoms with van der Waals surface area (Å²) in [6.07, 6.45) is 9.21. The molecular weight excluding hydrogens is 312 g/mol. The third kappa shape index (κ3) is 5.58. The Morgan fingerprint density at radius 2 is 1.88 bits per heavy atom. The van der Waals surface area contributed by atoms with Gasteiger partial charge in [-0.2, -0.15) is 0 Å². The van der Waals surface area contributed by atoms with E-state index in [2.05, 4.69) is 17.4 Å². The van der Waals surface area contributed by atoms with E-state index in [1.165, 1.54) is 37.7 Å². The molecule has 136 valence electrons. The van der Waals surface area contributed by atoms with E-state index in [4.69, 9.17) is 0 Å². The second-order valence-corrected chi connectivity index (χ2v) is 7.61. The summed E-state index contributed by atoms with van der Waals surface area (Å²) in [4.78, 5) is 26.3. The molecular formula is C21H30N2O2. The second-order valence-electron chi connectivity index (χ2n) is 7.61. The largest absolute Gasteiger partial charge is 0.351 e. The maximum Gasteiger partial charge on any atom is 0.224 e. The lowest BCUT2D eigenvalue weighted by molar-refractivity contribution is -0.128. The van der Waals surface area contributed by atoms with Gasteiger partial charge in [-0.05, 0) is 37.2 Å². The van der Waals surface area contributed by atoms with E-state index >= 15 is 0 Å². The van der Waals surface area contributed by atoms with Gasteiger partial charge in [0.15, 0.2) is 0 Å². The topological polar surface area (TPSA) is 49.4 Å². The summed E-state index contributed by atoms with van der Waals surface area (Å²) in [6, 6.07) is 10.3. The lowest BCUT2D eigenvalue weighted by atomic mass is 9.89. The molecule has 25 heavy (non-hydrogen) atoms. The van der Waals surface area contributed by atoms with E-state index in [1.807, 2.05) is 23.1 Å². The Kier molecular flexibility index (Phi) is 6.48. The highest BCUT2D eigenvalue weighted by Gasteiger charge is 2.32.